The molecule has 0 spiro atoms. The highest BCUT2D eigenvalue weighted by molar-refractivity contribution is 5.71. The number of hydrogen-bond acceptors (Lipinski definition) is 3. The smallest absolute Gasteiger partial charge is 0.320 e. The largest absolute Gasteiger partial charge is 0.461 e. The second-order valence-electron chi connectivity index (χ2n) is 6.49. The van der Waals surface area contributed by atoms with Crippen molar-refractivity contribution in [3.05, 3.63) is 0 Å². The lowest BCUT2D eigenvalue weighted by molar-refractivity contribution is -0.154. The first-order valence-electron chi connectivity index (χ1n) is 7.28. The van der Waals surface area contributed by atoms with E-state index in [-0.39, 0.29) is 12.1 Å². The molecule has 1 rings (SSSR count). The maximum atomic E-state index is 11.9. The number of rotatable bonds is 5. The second-order valence-corrected chi connectivity index (χ2v) is 6.49. The zero-order valence-electron chi connectivity index (χ0n) is 12.7. The number of carbonyl (C=O) groups is 1. The predicted molar refractivity (Wildman–Crippen MR) is 74.5 cm³/mol. The Balaban J connectivity index is 2.44. The van der Waals surface area contributed by atoms with Gasteiger partial charge in [-0.25, -0.2) is 0 Å². The SMILES string of the molecule is CCN(CC)CC(=O)OC1CC(C)CC(C)(C)C1. The monoisotopic (exact) mass is 255 g/mol. The molecular weight excluding hydrogens is 226 g/mol. The summed E-state index contributed by atoms with van der Waals surface area (Å²) in [5.41, 5.74) is 0.303. The maximum Gasteiger partial charge on any atom is 0.320 e. The van der Waals surface area contributed by atoms with E-state index in [1.54, 1.807) is 0 Å². The Labute approximate surface area is 112 Å². The van der Waals surface area contributed by atoms with E-state index in [9.17, 15) is 4.79 Å². The van der Waals surface area contributed by atoms with E-state index in [4.69, 9.17) is 4.74 Å². The number of nitrogens with zero attached hydrogens (tertiary/aromatic N) is 1. The van der Waals surface area contributed by atoms with Gasteiger partial charge in [0, 0.05) is 0 Å². The molecule has 0 saturated heterocycles. The lowest BCUT2D eigenvalue weighted by Gasteiger charge is -2.38. The molecule has 2 atom stereocenters. The fourth-order valence-electron chi connectivity index (χ4n) is 3.20. The molecule has 1 aliphatic carbocycles. The van der Waals surface area contributed by atoms with Gasteiger partial charge in [0.25, 0.3) is 0 Å². The van der Waals surface area contributed by atoms with Gasteiger partial charge in [-0.15, -0.1) is 0 Å². The van der Waals surface area contributed by atoms with Gasteiger partial charge in [0.05, 0.1) is 6.54 Å². The van der Waals surface area contributed by atoms with Crippen LogP contribution in [0.1, 0.15) is 53.9 Å². The van der Waals surface area contributed by atoms with Crippen molar-refractivity contribution in [3.63, 3.8) is 0 Å². The van der Waals surface area contributed by atoms with E-state index in [0.717, 1.165) is 25.9 Å². The lowest BCUT2D eigenvalue weighted by Crippen LogP contribution is -2.37. The van der Waals surface area contributed by atoms with Crippen molar-refractivity contribution in [1.82, 2.24) is 4.90 Å². The van der Waals surface area contributed by atoms with Gasteiger partial charge in [-0.1, -0.05) is 34.6 Å². The molecule has 0 aromatic rings. The van der Waals surface area contributed by atoms with Crippen molar-refractivity contribution in [2.24, 2.45) is 11.3 Å². The third-order valence-corrected chi connectivity index (χ3v) is 3.89. The van der Waals surface area contributed by atoms with Gasteiger partial charge in [0.15, 0.2) is 0 Å². The van der Waals surface area contributed by atoms with Crippen LogP contribution >= 0.6 is 0 Å². The molecular formula is C15H29NO2. The minimum Gasteiger partial charge on any atom is -0.461 e. The molecule has 2 unspecified atom stereocenters. The van der Waals surface area contributed by atoms with Gasteiger partial charge in [0.2, 0.25) is 0 Å². The summed E-state index contributed by atoms with van der Waals surface area (Å²) in [5.74, 6) is 0.591. The Morgan fingerprint density at radius 3 is 2.39 bits per heavy atom. The molecule has 0 aliphatic heterocycles. The van der Waals surface area contributed by atoms with Crippen molar-refractivity contribution in [2.75, 3.05) is 19.6 Å². The first-order valence-corrected chi connectivity index (χ1v) is 7.28. The van der Waals surface area contributed by atoms with Crippen molar-refractivity contribution in [1.29, 1.82) is 0 Å². The predicted octanol–water partition coefficient (Wildman–Crippen LogP) is 3.09. The number of likely N-dealkylation sites (N-methyl/N-ethyl adjacent to an activating group) is 1. The summed E-state index contributed by atoms with van der Waals surface area (Å²) in [6.45, 7) is 13.2. The Morgan fingerprint density at radius 1 is 1.28 bits per heavy atom. The average molecular weight is 255 g/mol. The second kappa shape index (κ2) is 6.55. The van der Waals surface area contributed by atoms with Crippen LogP contribution in [-0.4, -0.2) is 36.6 Å². The molecule has 0 aromatic carbocycles. The average Bonchev–Trinajstić information content (AvgIpc) is 2.22. The minimum absolute atomic E-state index is 0.0615. The molecule has 18 heavy (non-hydrogen) atoms. The van der Waals surface area contributed by atoms with Gasteiger partial charge in [-0.05, 0) is 43.7 Å². The summed E-state index contributed by atoms with van der Waals surface area (Å²) >= 11 is 0. The van der Waals surface area contributed by atoms with Gasteiger partial charge >= 0.3 is 5.97 Å². The normalized spacial score (nSPS) is 27.2. The van der Waals surface area contributed by atoms with E-state index in [1.807, 2.05) is 0 Å². The molecule has 0 heterocycles. The van der Waals surface area contributed by atoms with Crippen molar-refractivity contribution < 1.29 is 9.53 Å². The molecule has 0 bridgehead atoms. The van der Waals surface area contributed by atoms with E-state index < -0.39 is 0 Å². The van der Waals surface area contributed by atoms with E-state index >= 15 is 0 Å². The van der Waals surface area contributed by atoms with Crippen LogP contribution in [0.2, 0.25) is 0 Å². The van der Waals surface area contributed by atoms with Crippen molar-refractivity contribution >= 4 is 5.97 Å². The summed E-state index contributed by atoms with van der Waals surface area (Å²) in [4.78, 5) is 14.0. The summed E-state index contributed by atoms with van der Waals surface area (Å²) in [6, 6.07) is 0. The minimum atomic E-state index is -0.0615. The topological polar surface area (TPSA) is 29.5 Å². The fraction of sp³-hybridized carbons (Fsp3) is 0.933. The number of esters is 1. The fourth-order valence-corrected chi connectivity index (χ4v) is 3.20. The molecule has 0 aromatic heterocycles. The molecule has 3 heteroatoms. The number of carbonyl (C=O) groups excluding carboxylic acids is 1. The highest BCUT2D eigenvalue weighted by Crippen LogP contribution is 2.39. The van der Waals surface area contributed by atoms with Gasteiger partial charge < -0.3 is 4.74 Å². The van der Waals surface area contributed by atoms with E-state index in [0.29, 0.717) is 17.9 Å². The van der Waals surface area contributed by atoms with Crippen LogP contribution in [0.25, 0.3) is 0 Å². The first-order chi connectivity index (χ1) is 8.36. The summed E-state index contributed by atoms with van der Waals surface area (Å²) in [5, 5.41) is 0. The molecule has 0 N–H and O–H groups in total. The van der Waals surface area contributed by atoms with Crippen LogP contribution in [0.4, 0.5) is 0 Å². The molecule has 1 aliphatic rings. The van der Waals surface area contributed by atoms with Gasteiger partial charge in [0.1, 0.15) is 6.10 Å². The quantitative estimate of drug-likeness (QED) is 0.707. The third kappa shape index (κ3) is 4.97. The van der Waals surface area contributed by atoms with E-state index in [2.05, 4.69) is 39.5 Å². The maximum absolute atomic E-state index is 11.9. The molecule has 3 nitrogen and oxygen atoms in total. The highest BCUT2D eigenvalue weighted by Gasteiger charge is 2.34. The molecule has 0 amide bonds. The molecule has 0 radical (unpaired) electrons. The van der Waals surface area contributed by atoms with Crippen LogP contribution in [-0.2, 0) is 9.53 Å². The van der Waals surface area contributed by atoms with Crippen LogP contribution in [0.5, 0.6) is 0 Å². The van der Waals surface area contributed by atoms with Crippen LogP contribution in [0, 0.1) is 11.3 Å². The third-order valence-electron chi connectivity index (χ3n) is 3.89. The molecule has 1 saturated carbocycles. The number of hydrogen-bond donors (Lipinski definition) is 0. The van der Waals surface area contributed by atoms with Crippen LogP contribution < -0.4 is 0 Å². The standard InChI is InChI=1S/C15H29NO2/c1-6-16(7-2)11-14(17)18-13-8-12(3)9-15(4,5)10-13/h12-13H,6-11H2,1-5H3. The van der Waals surface area contributed by atoms with Crippen LogP contribution in [0.15, 0.2) is 0 Å². The summed E-state index contributed by atoms with van der Waals surface area (Å²) in [6.07, 6.45) is 3.37. The first kappa shape index (κ1) is 15.5. The Morgan fingerprint density at radius 2 is 1.89 bits per heavy atom. The van der Waals surface area contributed by atoms with Gasteiger partial charge in [-0.3, -0.25) is 9.69 Å². The lowest BCUT2D eigenvalue weighted by atomic mass is 9.71. The molecule has 1 fully saturated rings. The zero-order chi connectivity index (χ0) is 13.8. The Kier molecular flexibility index (Phi) is 5.64. The summed E-state index contributed by atoms with van der Waals surface area (Å²) in [7, 11) is 0. The van der Waals surface area contributed by atoms with E-state index in [1.165, 1.54) is 6.42 Å². The van der Waals surface area contributed by atoms with Crippen molar-refractivity contribution in [2.45, 2.75) is 60.0 Å². The van der Waals surface area contributed by atoms with Crippen molar-refractivity contribution in [3.8, 4) is 0 Å². The highest BCUT2D eigenvalue weighted by atomic mass is 16.5. The van der Waals surface area contributed by atoms with Crippen LogP contribution in [0.3, 0.4) is 0 Å². The zero-order valence-corrected chi connectivity index (χ0v) is 12.7. The Bertz CT molecular complexity index is 272. The number of ether oxygens (including phenoxy) is 1. The Hall–Kier alpha value is -0.570. The molecule has 106 valence electrons. The summed E-state index contributed by atoms with van der Waals surface area (Å²) < 4.78 is 5.65. The van der Waals surface area contributed by atoms with Gasteiger partial charge in [-0.2, -0.15) is 0 Å².